The molecule has 1 saturated carbocycles. The van der Waals surface area contributed by atoms with Crippen LogP contribution in [0.5, 0.6) is 0 Å². The van der Waals surface area contributed by atoms with Crippen LogP contribution in [-0.2, 0) is 0 Å². The van der Waals surface area contributed by atoms with Gasteiger partial charge in [0.05, 0.1) is 16.7 Å². The maximum Gasteiger partial charge on any atom is 0.335 e. The fourth-order valence-electron chi connectivity index (χ4n) is 3.22. The quantitative estimate of drug-likeness (QED) is 0.839. The molecule has 1 aromatic carbocycles. The number of carbonyl (C=O) groups excluding carboxylic acids is 2. The second-order valence-electron chi connectivity index (χ2n) is 5.72. The first kappa shape index (κ1) is 12.8. The summed E-state index contributed by atoms with van der Waals surface area (Å²) in [6.07, 6.45) is 3.63. The molecule has 1 fully saturated rings. The first-order chi connectivity index (χ1) is 9.44. The SMILES string of the molecule is CC1(N2C(=O)c3ccc(C(=O)O)cc3C2=O)CCCC1. The molecule has 5 nitrogen and oxygen atoms in total. The van der Waals surface area contributed by atoms with Crippen molar-refractivity contribution in [1.82, 2.24) is 4.90 Å². The van der Waals surface area contributed by atoms with Crippen LogP contribution in [0, 0.1) is 0 Å². The van der Waals surface area contributed by atoms with Gasteiger partial charge in [-0.1, -0.05) is 12.8 Å². The van der Waals surface area contributed by atoms with Crippen LogP contribution in [0.4, 0.5) is 0 Å². The molecular weight excluding hydrogens is 258 g/mol. The maximum absolute atomic E-state index is 12.5. The van der Waals surface area contributed by atoms with Crippen molar-refractivity contribution >= 4 is 17.8 Å². The number of carboxylic acids is 1. The molecule has 1 aromatic rings. The first-order valence-electron chi connectivity index (χ1n) is 6.70. The van der Waals surface area contributed by atoms with Crippen LogP contribution < -0.4 is 0 Å². The zero-order valence-electron chi connectivity index (χ0n) is 11.2. The van der Waals surface area contributed by atoms with Crippen molar-refractivity contribution in [2.75, 3.05) is 0 Å². The Labute approximate surface area is 116 Å². The van der Waals surface area contributed by atoms with Gasteiger partial charge in [-0.15, -0.1) is 0 Å². The third kappa shape index (κ3) is 1.66. The van der Waals surface area contributed by atoms with E-state index in [0.717, 1.165) is 25.7 Å². The molecule has 20 heavy (non-hydrogen) atoms. The molecule has 1 heterocycles. The molecule has 104 valence electrons. The van der Waals surface area contributed by atoms with E-state index in [2.05, 4.69) is 0 Å². The van der Waals surface area contributed by atoms with Gasteiger partial charge in [0.2, 0.25) is 0 Å². The average Bonchev–Trinajstić information content (AvgIpc) is 2.94. The number of benzene rings is 1. The van der Waals surface area contributed by atoms with E-state index in [1.165, 1.54) is 23.1 Å². The van der Waals surface area contributed by atoms with Gasteiger partial charge in [-0.05, 0) is 38.0 Å². The lowest BCUT2D eigenvalue weighted by molar-refractivity contribution is 0.0461. The number of amides is 2. The lowest BCUT2D eigenvalue weighted by Gasteiger charge is -2.33. The number of carbonyl (C=O) groups is 3. The Bertz CT molecular complexity index is 629. The molecule has 2 aliphatic rings. The Kier molecular flexibility index (Phi) is 2.67. The van der Waals surface area contributed by atoms with Gasteiger partial charge in [0.1, 0.15) is 0 Å². The highest BCUT2D eigenvalue weighted by Gasteiger charge is 2.47. The van der Waals surface area contributed by atoms with Crippen LogP contribution in [0.2, 0.25) is 0 Å². The number of aromatic carboxylic acids is 1. The fraction of sp³-hybridized carbons (Fsp3) is 0.400. The molecule has 5 heteroatoms. The second kappa shape index (κ2) is 4.16. The predicted octanol–water partition coefficient (Wildman–Crippen LogP) is 2.31. The summed E-state index contributed by atoms with van der Waals surface area (Å²) in [5.74, 6) is -1.76. The van der Waals surface area contributed by atoms with Crippen LogP contribution in [0.25, 0.3) is 0 Å². The van der Waals surface area contributed by atoms with E-state index < -0.39 is 11.5 Å². The number of fused-ring (bicyclic) bond motifs is 1. The van der Waals surface area contributed by atoms with E-state index in [1.54, 1.807) is 0 Å². The van der Waals surface area contributed by atoms with Crippen molar-refractivity contribution in [3.05, 3.63) is 34.9 Å². The molecule has 0 saturated heterocycles. The standard InChI is InChI=1S/C15H15NO4/c1-15(6-2-3-7-15)16-12(17)10-5-4-9(14(19)20)8-11(10)13(16)18/h4-5,8H,2-3,6-7H2,1H3,(H,19,20). The molecule has 0 aromatic heterocycles. The van der Waals surface area contributed by atoms with E-state index in [9.17, 15) is 14.4 Å². The van der Waals surface area contributed by atoms with E-state index in [1.807, 2.05) is 6.92 Å². The van der Waals surface area contributed by atoms with Crippen LogP contribution >= 0.6 is 0 Å². The summed E-state index contributed by atoms with van der Waals surface area (Å²) in [6, 6.07) is 4.11. The number of rotatable bonds is 2. The van der Waals surface area contributed by atoms with Gasteiger partial charge in [-0.3, -0.25) is 14.5 Å². The number of hydrogen-bond acceptors (Lipinski definition) is 3. The van der Waals surface area contributed by atoms with Gasteiger partial charge in [-0.2, -0.15) is 0 Å². The Morgan fingerprint density at radius 3 is 2.35 bits per heavy atom. The largest absolute Gasteiger partial charge is 0.478 e. The minimum absolute atomic E-state index is 0.0309. The molecule has 2 amide bonds. The van der Waals surface area contributed by atoms with Gasteiger partial charge < -0.3 is 5.11 Å². The molecule has 1 aliphatic carbocycles. The third-order valence-corrected chi connectivity index (χ3v) is 4.35. The molecule has 0 atom stereocenters. The van der Waals surface area contributed by atoms with Crippen molar-refractivity contribution in [3.8, 4) is 0 Å². The Morgan fingerprint density at radius 2 is 1.75 bits per heavy atom. The number of carboxylic acid groups (broad SMARTS) is 1. The van der Waals surface area contributed by atoms with E-state index in [0.29, 0.717) is 5.56 Å². The Morgan fingerprint density at radius 1 is 1.15 bits per heavy atom. The fourth-order valence-corrected chi connectivity index (χ4v) is 3.22. The van der Waals surface area contributed by atoms with Crippen LogP contribution in [-0.4, -0.2) is 33.3 Å². The first-order valence-corrected chi connectivity index (χ1v) is 6.70. The summed E-state index contributed by atoms with van der Waals surface area (Å²) in [4.78, 5) is 37.2. The summed E-state index contributed by atoms with van der Waals surface area (Å²) in [5.41, 5.74) is 0.121. The predicted molar refractivity (Wildman–Crippen MR) is 70.8 cm³/mol. The maximum atomic E-state index is 12.5. The molecule has 0 unspecified atom stereocenters. The second-order valence-corrected chi connectivity index (χ2v) is 5.72. The Hall–Kier alpha value is -2.17. The highest BCUT2D eigenvalue weighted by Crippen LogP contribution is 2.39. The minimum atomic E-state index is -1.10. The van der Waals surface area contributed by atoms with Crippen LogP contribution in [0.1, 0.15) is 63.7 Å². The van der Waals surface area contributed by atoms with Gasteiger partial charge >= 0.3 is 5.97 Å². The monoisotopic (exact) mass is 273 g/mol. The van der Waals surface area contributed by atoms with Gasteiger partial charge in [0, 0.05) is 5.54 Å². The van der Waals surface area contributed by atoms with Crippen LogP contribution in [0.15, 0.2) is 18.2 Å². The summed E-state index contributed by atoms with van der Waals surface area (Å²) in [5, 5.41) is 8.99. The van der Waals surface area contributed by atoms with Gasteiger partial charge in [-0.25, -0.2) is 4.79 Å². The minimum Gasteiger partial charge on any atom is -0.478 e. The smallest absolute Gasteiger partial charge is 0.335 e. The van der Waals surface area contributed by atoms with Crippen molar-refractivity contribution in [2.24, 2.45) is 0 Å². The lowest BCUT2D eigenvalue weighted by Crippen LogP contribution is -2.47. The van der Waals surface area contributed by atoms with Crippen LogP contribution in [0.3, 0.4) is 0 Å². The summed E-state index contributed by atoms with van der Waals surface area (Å²) in [7, 11) is 0. The Balaban J connectivity index is 2.06. The van der Waals surface area contributed by atoms with Crippen molar-refractivity contribution in [1.29, 1.82) is 0 Å². The highest BCUT2D eigenvalue weighted by molar-refractivity contribution is 6.22. The topological polar surface area (TPSA) is 74.7 Å². The van der Waals surface area contributed by atoms with Gasteiger partial charge in [0.15, 0.2) is 0 Å². The average molecular weight is 273 g/mol. The van der Waals surface area contributed by atoms with E-state index >= 15 is 0 Å². The molecule has 0 bridgehead atoms. The lowest BCUT2D eigenvalue weighted by atomic mass is 9.98. The van der Waals surface area contributed by atoms with Crippen molar-refractivity contribution in [2.45, 2.75) is 38.1 Å². The number of imide groups is 1. The molecule has 0 spiro atoms. The van der Waals surface area contributed by atoms with Crippen molar-refractivity contribution < 1.29 is 19.5 Å². The summed E-state index contributed by atoms with van der Waals surface area (Å²) < 4.78 is 0. The molecule has 1 aliphatic heterocycles. The third-order valence-electron chi connectivity index (χ3n) is 4.35. The normalized spacial score (nSPS) is 20.4. The van der Waals surface area contributed by atoms with Crippen molar-refractivity contribution in [3.63, 3.8) is 0 Å². The molecule has 1 N–H and O–H groups in total. The number of nitrogens with zero attached hydrogens (tertiary/aromatic N) is 1. The zero-order valence-corrected chi connectivity index (χ0v) is 11.2. The van der Waals surface area contributed by atoms with Gasteiger partial charge in [0.25, 0.3) is 11.8 Å². The molecular formula is C15H15NO4. The highest BCUT2D eigenvalue weighted by atomic mass is 16.4. The number of hydrogen-bond donors (Lipinski definition) is 1. The van der Waals surface area contributed by atoms with E-state index in [-0.39, 0.29) is 22.9 Å². The summed E-state index contributed by atoms with van der Waals surface area (Å²) >= 11 is 0. The van der Waals surface area contributed by atoms with E-state index in [4.69, 9.17) is 5.11 Å². The molecule has 0 radical (unpaired) electrons. The summed E-state index contributed by atoms with van der Waals surface area (Å²) in [6.45, 7) is 1.93. The zero-order chi connectivity index (χ0) is 14.5. The molecule has 3 rings (SSSR count).